The molecule has 2 N–H and O–H groups in total. The van der Waals surface area contributed by atoms with Crippen molar-refractivity contribution in [2.45, 2.75) is 25.2 Å². The van der Waals surface area contributed by atoms with Crippen LogP contribution in [0.1, 0.15) is 47.4 Å². The smallest absolute Gasteiger partial charge is 0.233 e. The molecule has 0 saturated heterocycles. The maximum absolute atomic E-state index is 13.9. The van der Waals surface area contributed by atoms with Crippen LogP contribution in [0.5, 0.6) is 5.75 Å². The number of hydrogen-bond donors (Lipinski definition) is 2. The van der Waals surface area contributed by atoms with Crippen molar-refractivity contribution in [1.82, 2.24) is 4.98 Å². The summed E-state index contributed by atoms with van der Waals surface area (Å²) in [6.07, 6.45) is 0.764. The molecule has 0 spiro atoms. The highest BCUT2D eigenvalue weighted by Gasteiger charge is 2.53. The number of thiazole rings is 1. The normalized spacial score (nSPS) is 21.7. The summed E-state index contributed by atoms with van der Waals surface area (Å²) in [5.41, 5.74) is 5.95. The fraction of sp³-hybridized carbons (Fsp3) is 0.161. The van der Waals surface area contributed by atoms with Crippen LogP contribution in [-0.4, -0.2) is 16.0 Å². The Morgan fingerprint density at radius 3 is 2.28 bits per heavy atom. The van der Waals surface area contributed by atoms with Crippen LogP contribution in [0.4, 0.5) is 5.13 Å². The minimum atomic E-state index is -0.596. The molecule has 3 aliphatic rings. The number of anilines is 1. The molecule has 0 aliphatic heterocycles. The van der Waals surface area contributed by atoms with Gasteiger partial charge >= 0.3 is 0 Å². The summed E-state index contributed by atoms with van der Waals surface area (Å²) in [6.45, 7) is 2.09. The third-order valence-electron chi connectivity index (χ3n) is 8.04. The minimum absolute atomic E-state index is 0.00329. The Morgan fingerprint density at radius 1 is 0.917 bits per heavy atom. The molecule has 0 saturated carbocycles. The molecular weight excluding hydrogens is 464 g/mol. The topological polar surface area (TPSA) is 62.2 Å². The van der Waals surface area contributed by atoms with Gasteiger partial charge in [-0.2, -0.15) is 0 Å². The predicted octanol–water partition coefficient (Wildman–Crippen LogP) is 7.29. The van der Waals surface area contributed by atoms with Crippen LogP contribution in [0.3, 0.4) is 0 Å². The van der Waals surface area contributed by atoms with Gasteiger partial charge in [-0.3, -0.25) is 4.79 Å². The minimum Gasteiger partial charge on any atom is -0.507 e. The van der Waals surface area contributed by atoms with Crippen molar-refractivity contribution >= 4 is 33.1 Å². The van der Waals surface area contributed by atoms with Crippen LogP contribution >= 0.6 is 11.3 Å². The summed E-state index contributed by atoms with van der Waals surface area (Å²) >= 11 is 1.39. The van der Waals surface area contributed by atoms with Crippen molar-refractivity contribution in [1.29, 1.82) is 0 Å². The van der Waals surface area contributed by atoms with E-state index in [4.69, 9.17) is 4.98 Å². The van der Waals surface area contributed by atoms with E-state index in [9.17, 15) is 9.90 Å². The molecule has 1 amide bonds. The molecule has 2 bridgehead atoms. The molecule has 8 rings (SSSR count). The Balaban J connectivity index is 1.25. The summed E-state index contributed by atoms with van der Waals surface area (Å²) in [5.74, 6) is 0.375. The van der Waals surface area contributed by atoms with Gasteiger partial charge in [0.1, 0.15) is 5.75 Å². The summed E-state index contributed by atoms with van der Waals surface area (Å²) in [5, 5.41) is 18.2. The van der Waals surface area contributed by atoms with Crippen LogP contribution < -0.4 is 5.32 Å². The molecule has 36 heavy (non-hydrogen) atoms. The number of fused-ring (bicyclic) bond motifs is 2. The number of aromatic hydroxyl groups is 1. The van der Waals surface area contributed by atoms with Gasteiger partial charge in [0.15, 0.2) is 5.13 Å². The highest BCUT2D eigenvalue weighted by Crippen LogP contribution is 2.61. The average molecular weight is 489 g/mol. The van der Waals surface area contributed by atoms with Gasteiger partial charge < -0.3 is 10.4 Å². The van der Waals surface area contributed by atoms with Gasteiger partial charge in [0.25, 0.3) is 0 Å². The zero-order valence-corrected chi connectivity index (χ0v) is 20.5. The van der Waals surface area contributed by atoms with Crippen LogP contribution in [0, 0.1) is 5.41 Å². The van der Waals surface area contributed by atoms with Crippen molar-refractivity contribution in [3.8, 4) is 17.0 Å². The van der Waals surface area contributed by atoms with E-state index in [0.29, 0.717) is 16.4 Å². The van der Waals surface area contributed by atoms with Gasteiger partial charge in [-0.1, -0.05) is 78.9 Å². The lowest BCUT2D eigenvalue weighted by Gasteiger charge is -2.50. The number of nitrogens with one attached hydrogen (secondary N) is 1. The lowest BCUT2D eigenvalue weighted by Crippen LogP contribution is -2.47. The number of aromatic nitrogens is 1. The predicted molar refractivity (Wildman–Crippen MR) is 145 cm³/mol. The molecule has 0 fully saturated rings. The standard InChI is InChI=1S/C31H24N2O2S/c1-31(16-24-20-10-4-6-12-22(20)28(31)23-13-7-5-11-21(23)24)29(35)33-30-32-25(17-36-30)27-19-9-3-2-8-18(19)14-15-26(27)34/h2-15,17,24,28,34H,16H2,1H3,(H,32,33,35). The number of hydrogen-bond acceptors (Lipinski definition) is 4. The van der Waals surface area contributed by atoms with Crippen molar-refractivity contribution in [2.75, 3.05) is 5.32 Å². The van der Waals surface area contributed by atoms with Crippen molar-refractivity contribution in [3.05, 3.63) is 113 Å². The maximum Gasteiger partial charge on any atom is 0.233 e. The Bertz CT molecular complexity index is 1630. The molecular formula is C31H24N2O2S. The fourth-order valence-electron chi connectivity index (χ4n) is 6.40. The van der Waals surface area contributed by atoms with Gasteiger partial charge in [-0.25, -0.2) is 4.98 Å². The fourth-order valence-corrected chi connectivity index (χ4v) is 7.10. The van der Waals surface area contributed by atoms with E-state index >= 15 is 0 Å². The first-order chi connectivity index (χ1) is 17.5. The van der Waals surface area contributed by atoms with Gasteiger partial charge in [-0.15, -0.1) is 11.3 Å². The zero-order chi connectivity index (χ0) is 24.4. The molecule has 4 nitrogen and oxygen atoms in total. The lowest BCUT2D eigenvalue weighted by atomic mass is 9.52. The summed E-state index contributed by atoms with van der Waals surface area (Å²) in [6, 6.07) is 28.7. The van der Waals surface area contributed by atoms with Crippen LogP contribution in [0.2, 0.25) is 0 Å². The van der Waals surface area contributed by atoms with Gasteiger partial charge in [0, 0.05) is 17.2 Å². The zero-order valence-electron chi connectivity index (χ0n) is 19.7. The van der Waals surface area contributed by atoms with E-state index in [1.807, 2.05) is 35.7 Å². The highest BCUT2D eigenvalue weighted by molar-refractivity contribution is 7.14. The van der Waals surface area contributed by atoms with E-state index in [-0.39, 0.29) is 23.5 Å². The number of carbonyl (C=O) groups is 1. The average Bonchev–Trinajstić information content (AvgIpc) is 3.36. The number of benzene rings is 4. The molecule has 1 aromatic heterocycles. The van der Waals surface area contributed by atoms with E-state index in [1.165, 1.54) is 33.6 Å². The second kappa shape index (κ2) is 7.77. The first-order valence-corrected chi connectivity index (χ1v) is 13.1. The quantitative estimate of drug-likeness (QED) is 0.280. The Labute approximate surface area is 213 Å². The largest absolute Gasteiger partial charge is 0.507 e. The monoisotopic (exact) mass is 488 g/mol. The van der Waals surface area contributed by atoms with Crippen molar-refractivity contribution in [2.24, 2.45) is 5.41 Å². The molecule has 5 heteroatoms. The van der Waals surface area contributed by atoms with E-state index in [0.717, 1.165) is 17.2 Å². The van der Waals surface area contributed by atoms with Gasteiger partial charge in [-0.05, 0) is 52.4 Å². The Kier molecular flexibility index (Phi) is 4.60. The van der Waals surface area contributed by atoms with Crippen LogP contribution in [-0.2, 0) is 4.79 Å². The summed E-state index contributed by atoms with van der Waals surface area (Å²) in [4.78, 5) is 18.7. The summed E-state index contributed by atoms with van der Waals surface area (Å²) in [7, 11) is 0. The van der Waals surface area contributed by atoms with Crippen LogP contribution in [0.15, 0.2) is 90.3 Å². The third-order valence-corrected chi connectivity index (χ3v) is 8.79. The molecule has 1 heterocycles. The second-order valence-corrected chi connectivity index (χ2v) is 10.9. The molecule has 1 unspecified atom stereocenters. The van der Waals surface area contributed by atoms with E-state index in [2.05, 4.69) is 60.8 Å². The number of amides is 1. The third kappa shape index (κ3) is 2.99. The number of nitrogens with zero attached hydrogens (tertiary/aromatic N) is 1. The Morgan fingerprint density at radius 2 is 1.56 bits per heavy atom. The molecule has 4 aromatic carbocycles. The molecule has 0 radical (unpaired) electrons. The Hall–Kier alpha value is -3.96. The molecule has 1 atom stereocenters. The van der Waals surface area contributed by atoms with Crippen molar-refractivity contribution < 1.29 is 9.90 Å². The first kappa shape index (κ1) is 21.3. The lowest BCUT2D eigenvalue weighted by molar-refractivity contribution is -0.126. The SMILES string of the molecule is CC1(C(=O)Nc2nc(-c3c(O)ccc4ccccc34)cs2)CC2c3ccccc3C1c1ccccc12. The number of carbonyl (C=O) groups excluding carboxylic acids is 1. The van der Waals surface area contributed by atoms with Crippen LogP contribution in [0.25, 0.3) is 22.0 Å². The van der Waals surface area contributed by atoms with Gasteiger partial charge in [0.2, 0.25) is 5.91 Å². The number of rotatable bonds is 3. The number of phenolic OH excluding ortho intramolecular Hbond substituents is 1. The summed E-state index contributed by atoms with van der Waals surface area (Å²) < 4.78 is 0. The first-order valence-electron chi connectivity index (χ1n) is 12.2. The van der Waals surface area contributed by atoms with Gasteiger partial charge in [0.05, 0.1) is 16.7 Å². The number of phenols is 1. The maximum atomic E-state index is 13.9. The molecule has 176 valence electrons. The van der Waals surface area contributed by atoms with Crippen molar-refractivity contribution in [3.63, 3.8) is 0 Å². The second-order valence-electron chi connectivity index (χ2n) is 10.0. The molecule has 3 aliphatic carbocycles. The highest BCUT2D eigenvalue weighted by atomic mass is 32.1. The van der Waals surface area contributed by atoms with E-state index in [1.54, 1.807) is 6.07 Å². The molecule has 5 aromatic rings. The van der Waals surface area contributed by atoms with E-state index < -0.39 is 5.41 Å².